The largest absolute Gasteiger partial charge is 0.379 e. The van der Waals surface area contributed by atoms with Crippen molar-refractivity contribution in [3.63, 3.8) is 0 Å². The molecule has 2 fully saturated rings. The van der Waals surface area contributed by atoms with E-state index in [4.69, 9.17) is 10.5 Å². The van der Waals surface area contributed by atoms with Crippen molar-refractivity contribution in [2.75, 3.05) is 26.3 Å². The van der Waals surface area contributed by atoms with Gasteiger partial charge in [-0.25, -0.2) is 8.42 Å². The molecule has 25 heavy (non-hydrogen) atoms. The van der Waals surface area contributed by atoms with Crippen LogP contribution in [0.3, 0.4) is 0 Å². The van der Waals surface area contributed by atoms with Gasteiger partial charge < -0.3 is 15.8 Å². The smallest absolute Gasteiger partial charge is 0.251 e. The predicted molar refractivity (Wildman–Crippen MR) is 93.7 cm³/mol. The summed E-state index contributed by atoms with van der Waals surface area (Å²) in [5.74, 6) is -0.237. The van der Waals surface area contributed by atoms with Crippen LogP contribution in [0.5, 0.6) is 0 Å². The Morgan fingerprint density at radius 2 is 1.84 bits per heavy atom. The summed E-state index contributed by atoms with van der Waals surface area (Å²) in [4.78, 5) is 12.6. The van der Waals surface area contributed by atoms with Crippen molar-refractivity contribution in [3.8, 4) is 0 Å². The Balaban J connectivity index is 1.71. The van der Waals surface area contributed by atoms with E-state index in [2.05, 4.69) is 5.32 Å². The van der Waals surface area contributed by atoms with Crippen LogP contribution in [-0.4, -0.2) is 57.0 Å². The van der Waals surface area contributed by atoms with Crippen LogP contribution in [0.2, 0.25) is 0 Å². The highest BCUT2D eigenvalue weighted by Gasteiger charge is 2.27. The molecule has 1 aliphatic carbocycles. The van der Waals surface area contributed by atoms with Gasteiger partial charge in [-0.3, -0.25) is 4.79 Å². The first-order valence-electron chi connectivity index (χ1n) is 8.71. The summed E-state index contributed by atoms with van der Waals surface area (Å²) >= 11 is 0. The number of sulfonamides is 1. The third kappa shape index (κ3) is 4.38. The molecule has 1 aromatic carbocycles. The maximum absolute atomic E-state index is 12.7. The van der Waals surface area contributed by atoms with Crippen LogP contribution in [0.25, 0.3) is 0 Å². The molecule has 1 heterocycles. The van der Waals surface area contributed by atoms with Gasteiger partial charge in [0.2, 0.25) is 10.0 Å². The number of nitrogens with one attached hydrogen (secondary N) is 1. The van der Waals surface area contributed by atoms with E-state index in [-0.39, 0.29) is 22.9 Å². The number of nitrogens with zero attached hydrogens (tertiary/aromatic N) is 1. The lowest BCUT2D eigenvalue weighted by Crippen LogP contribution is -2.41. The molecule has 7 nitrogen and oxygen atoms in total. The van der Waals surface area contributed by atoms with Gasteiger partial charge in [0.1, 0.15) is 0 Å². The predicted octanol–water partition coefficient (Wildman–Crippen LogP) is 0.707. The average molecular weight is 367 g/mol. The molecule has 0 unspecified atom stereocenters. The van der Waals surface area contributed by atoms with E-state index in [0.717, 1.165) is 25.7 Å². The van der Waals surface area contributed by atoms with Crippen LogP contribution in [0.4, 0.5) is 0 Å². The van der Waals surface area contributed by atoms with Crippen molar-refractivity contribution >= 4 is 15.9 Å². The Hall–Kier alpha value is -1.48. The Labute approximate surface area is 148 Å². The highest BCUT2D eigenvalue weighted by Crippen LogP contribution is 2.20. The number of nitrogens with two attached hydrogens (primary N) is 1. The normalized spacial score (nSPS) is 25.5. The van der Waals surface area contributed by atoms with E-state index in [0.29, 0.717) is 31.9 Å². The number of hydrogen-bond donors (Lipinski definition) is 2. The highest BCUT2D eigenvalue weighted by atomic mass is 32.2. The summed E-state index contributed by atoms with van der Waals surface area (Å²) in [6.07, 6.45) is 3.52. The lowest BCUT2D eigenvalue weighted by molar-refractivity contribution is 0.0730. The van der Waals surface area contributed by atoms with Crippen LogP contribution in [0, 0.1) is 0 Å². The Bertz CT molecular complexity index is 708. The Morgan fingerprint density at radius 1 is 1.16 bits per heavy atom. The number of benzene rings is 1. The van der Waals surface area contributed by atoms with Crippen LogP contribution in [0.15, 0.2) is 29.2 Å². The molecule has 138 valence electrons. The summed E-state index contributed by atoms with van der Waals surface area (Å²) in [5.41, 5.74) is 6.25. The van der Waals surface area contributed by atoms with Gasteiger partial charge in [0, 0.05) is 30.7 Å². The van der Waals surface area contributed by atoms with Crippen molar-refractivity contribution in [1.82, 2.24) is 9.62 Å². The van der Waals surface area contributed by atoms with Crippen LogP contribution in [0.1, 0.15) is 36.0 Å². The molecular formula is C17H25N3O4S. The standard InChI is InChI=1S/C17H25N3O4S/c18-14-4-6-15(7-5-14)19-17(21)13-2-1-3-16(12-13)25(22,23)20-8-10-24-11-9-20/h1-3,12,14-15H,4-11,18H2,(H,19,21). The average Bonchev–Trinajstić information content (AvgIpc) is 2.64. The zero-order chi connectivity index (χ0) is 17.9. The second-order valence-corrected chi connectivity index (χ2v) is 8.57. The fraction of sp³-hybridized carbons (Fsp3) is 0.588. The summed E-state index contributed by atoms with van der Waals surface area (Å²) in [7, 11) is -3.60. The van der Waals surface area contributed by atoms with Gasteiger partial charge in [0.05, 0.1) is 18.1 Å². The van der Waals surface area contributed by atoms with E-state index in [1.165, 1.54) is 16.4 Å². The fourth-order valence-corrected chi connectivity index (χ4v) is 4.72. The van der Waals surface area contributed by atoms with E-state index >= 15 is 0 Å². The van der Waals surface area contributed by atoms with E-state index in [1.807, 2.05) is 0 Å². The summed E-state index contributed by atoms with van der Waals surface area (Å²) in [5, 5.41) is 2.99. The van der Waals surface area contributed by atoms with E-state index in [9.17, 15) is 13.2 Å². The quantitative estimate of drug-likeness (QED) is 0.816. The molecule has 0 spiro atoms. The molecule has 1 aliphatic heterocycles. The topological polar surface area (TPSA) is 102 Å². The lowest BCUT2D eigenvalue weighted by atomic mass is 9.91. The molecular weight excluding hydrogens is 342 g/mol. The minimum atomic E-state index is -3.60. The summed E-state index contributed by atoms with van der Waals surface area (Å²) < 4.78 is 32.0. The Kier molecular flexibility index (Phi) is 5.73. The van der Waals surface area contributed by atoms with Crippen molar-refractivity contribution in [1.29, 1.82) is 0 Å². The first-order valence-corrected chi connectivity index (χ1v) is 10.2. The van der Waals surface area contributed by atoms with Gasteiger partial charge in [-0.15, -0.1) is 0 Å². The fourth-order valence-electron chi connectivity index (χ4n) is 3.27. The molecule has 1 aromatic rings. The molecule has 3 rings (SSSR count). The van der Waals surface area contributed by atoms with Gasteiger partial charge in [0.15, 0.2) is 0 Å². The highest BCUT2D eigenvalue weighted by molar-refractivity contribution is 7.89. The molecule has 1 amide bonds. The van der Waals surface area contributed by atoms with E-state index < -0.39 is 10.0 Å². The minimum absolute atomic E-state index is 0.104. The number of amides is 1. The molecule has 8 heteroatoms. The van der Waals surface area contributed by atoms with Crippen LogP contribution in [-0.2, 0) is 14.8 Å². The Morgan fingerprint density at radius 3 is 2.52 bits per heavy atom. The molecule has 2 aliphatic rings. The summed E-state index contributed by atoms with van der Waals surface area (Å²) in [6.45, 7) is 1.45. The van der Waals surface area contributed by atoms with Gasteiger partial charge in [-0.1, -0.05) is 6.07 Å². The second kappa shape index (κ2) is 7.82. The number of carbonyl (C=O) groups is 1. The van der Waals surface area contributed by atoms with Gasteiger partial charge in [0.25, 0.3) is 5.91 Å². The van der Waals surface area contributed by atoms with Crippen molar-refractivity contribution in [3.05, 3.63) is 29.8 Å². The molecule has 0 bridgehead atoms. The SMILES string of the molecule is NC1CCC(NC(=O)c2cccc(S(=O)(=O)N3CCOCC3)c2)CC1. The molecule has 0 radical (unpaired) electrons. The van der Waals surface area contributed by atoms with Crippen molar-refractivity contribution in [2.45, 2.75) is 42.7 Å². The number of carbonyl (C=O) groups excluding carboxylic acids is 1. The molecule has 0 atom stereocenters. The molecule has 1 saturated carbocycles. The molecule has 3 N–H and O–H groups in total. The minimum Gasteiger partial charge on any atom is -0.379 e. The summed E-state index contributed by atoms with van der Waals surface area (Å²) in [6, 6.07) is 6.55. The van der Waals surface area contributed by atoms with Crippen molar-refractivity contribution < 1.29 is 17.9 Å². The van der Waals surface area contributed by atoms with Gasteiger partial charge >= 0.3 is 0 Å². The third-order valence-corrected chi connectivity index (χ3v) is 6.71. The maximum atomic E-state index is 12.7. The maximum Gasteiger partial charge on any atom is 0.251 e. The second-order valence-electron chi connectivity index (χ2n) is 6.63. The zero-order valence-corrected chi connectivity index (χ0v) is 15.0. The zero-order valence-electron chi connectivity index (χ0n) is 14.2. The number of morpholine rings is 1. The molecule has 0 aromatic heterocycles. The third-order valence-electron chi connectivity index (χ3n) is 4.81. The first kappa shape index (κ1) is 18.3. The number of ether oxygens (including phenoxy) is 1. The first-order chi connectivity index (χ1) is 12.0. The van der Waals surface area contributed by atoms with Crippen LogP contribution < -0.4 is 11.1 Å². The molecule has 1 saturated heterocycles. The number of hydrogen-bond acceptors (Lipinski definition) is 5. The van der Waals surface area contributed by atoms with Gasteiger partial charge in [-0.2, -0.15) is 4.31 Å². The lowest BCUT2D eigenvalue weighted by Gasteiger charge is -2.27. The number of rotatable bonds is 4. The van der Waals surface area contributed by atoms with E-state index in [1.54, 1.807) is 12.1 Å². The monoisotopic (exact) mass is 367 g/mol. The van der Waals surface area contributed by atoms with Crippen molar-refractivity contribution in [2.24, 2.45) is 5.73 Å². The van der Waals surface area contributed by atoms with Gasteiger partial charge in [-0.05, 0) is 43.9 Å². The van der Waals surface area contributed by atoms with Crippen LogP contribution >= 0.6 is 0 Å².